The lowest BCUT2D eigenvalue weighted by molar-refractivity contribution is 0.0698. The summed E-state index contributed by atoms with van der Waals surface area (Å²) in [5.41, 5.74) is 0.148. The van der Waals surface area contributed by atoms with Crippen molar-refractivity contribution in [3.63, 3.8) is 0 Å². The molecule has 0 aromatic heterocycles. The molecule has 0 radical (unpaired) electrons. The number of carbonyl (C=O) groups excluding carboxylic acids is 1. The summed E-state index contributed by atoms with van der Waals surface area (Å²) in [7, 11) is 0. The molecule has 0 saturated carbocycles. The van der Waals surface area contributed by atoms with Gasteiger partial charge >= 0.3 is 5.97 Å². The average molecular weight is 373 g/mol. The van der Waals surface area contributed by atoms with Gasteiger partial charge in [0.25, 0.3) is 5.91 Å². The second kappa shape index (κ2) is 6.24. The standard InChI is InChI=1S/C14H8BrClFNO3/c15-11-6-8(17)2-4-9(11)13(19)18-12-5-7(16)1-3-10(12)14(20)21/h1-6H,(H,18,19)(H,20,21). The van der Waals surface area contributed by atoms with E-state index in [1.54, 1.807) is 0 Å². The molecular formula is C14H8BrClFNO3. The second-order valence-corrected chi connectivity index (χ2v) is 5.36. The number of anilines is 1. The number of hydrogen-bond donors (Lipinski definition) is 2. The van der Waals surface area contributed by atoms with Gasteiger partial charge < -0.3 is 10.4 Å². The summed E-state index contributed by atoms with van der Waals surface area (Å²) in [5, 5.41) is 11.8. The van der Waals surface area contributed by atoms with Crippen LogP contribution in [0.15, 0.2) is 40.9 Å². The van der Waals surface area contributed by atoms with Crippen LogP contribution in [-0.2, 0) is 0 Å². The summed E-state index contributed by atoms with van der Waals surface area (Å²) in [6.07, 6.45) is 0. The van der Waals surface area contributed by atoms with E-state index in [9.17, 15) is 14.0 Å². The molecule has 1 amide bonds. The van der Waals surface area contributed by atoms with Crippen LogP contribution in [0.25, 0.3) is 0 Å². The van der Waals surface area contributed by atoms with Crippen LogP contribution in [0.2, 0.25) is 5.02 Å². The highest BCUT2D eigenvalue weighted by molar-refractivity contribution is 9.10. The maximum Gasteiger partial charge on any atom is 0.337 e. The van der Waals surface area contributed by atoms with Gasteiger partial charge in [-0.2, -0.15) is 0 Å². The summed E-state index contributed by atoms with van der Waals surface area (Å²) in [6, 6.07) is 7.61. The molecule has 0 unspecified atom stereocenters. The molecule has 2 rings (SSSR count). The van der Waals surface area contributed by atoms with Gasteiger partial charge in [0.2, 0.25) is 0 Å². The Bertz CT molecular complexity index is 736. The topological polar surface area (TPSA) is 66.4 Å². The molecule has 2 aromatic carbocycles. The molecule has 0 heterocycles. The van der Waals surface area contributed by atoms with E-state index in [1.165, 1.54) is 24.3 Å². The van der Waals surface area contributed by atoms with Crippen LogP contribution in [0.4, 0.5) is 10.1 Å². The van der Waals surface area contributed by atoms with Gasteiger partial charge in [-0.05, 0) is 52.3 Å². The van der Waals surface area contributed by atoms with Gasteiger partial charge in [-0.25, -0.2) is 9.18 Å². The number of benzene rings is 2. The first-order valence-corrected chi connectivity index (χ1v) is 6.85. The highest BCUT2D eigenvalue weighted by Crippen LogP contribution is 2.24. The van der Waals surface area contributed by atoms with Crippen molar-refractivity contribution in [1.29, 1.82) is 0 Å². The highest BCUT2D eigenvalue weighted by Gasteiger charge is 2.16. The molecule has 0 fully saturated rings. The zero-order valence-electron chi connectivity index (χ0n) is 10.4. The van der Waals surface area contributed by atoms with Gasteiger partial charge in [-0.1, -0.05) is 11.6 Å². The Morgan fingerprint density at radius 3 is 2.43 bits per heavy atom. The number of carboxylic acid groups (broad SMARTS) is 1. The first-order valence-electron chi connectivity index (χ1n) is 5.67. The molecule has 7 heteroatoms. The summed E-state index contributed by atoms with van der Waals surface area (Å²) in [6.45, 7) is 0. The molecule has 0 atom stereocenters. The maximum atomic E-state index is 13.0. The smallest absolute Gasteiger partial charge is 0.337 e. The van der Waals surface area contributed by atoms with Crippen molar-refractivity contribution in [2.24, 2.45) is 0 Å². The van der Waals surface area contributed by atoms with Crippen molar-refractivity contribution in [3.05, 3.63) is 62.8 Å². The number of amides is 1. The van der Waals surface area contributed by atoms with E-state index in [2.05, 4.69) is 21.2 Å². The fraction of sp³-hybridized carbons (Fsp3) is 0. The normalized spacial score (nSPS) is 10.2. The van der Waals surface area contributed by atoms with Crippen molar-refractivity contribution in [3.8, 4) is 0 Å². The largest absolute Gasteiger partial charge is 0.478 e. The Morgan fingerprint density at radius 1 is 1.14 bits per heavy atom. The lowest BCUT2D eigenvalue weighted by Crippen LogP contribution is -2.15. The molecular weight excluding hydrogens is 365 g/mol. The summed E-state index contributed by atoms with van der Waals surface area (Å²) < 4.78 is 13.3. The summed E-state index contributed by atoms with van der Waals surface area (Å²) in [5.74, 6) is -2.26. The van der Waals surface area contributed by atoms with Crippen LogP contribution in [0.1, 0.15) is 20.7 Å². The Balaban J connectivity index is 2.35. The molecule has 4 nitrogen and oxygen atoms in total. The lowest BCUT2D eigenvalue weighted by atomic mass is 10.1. The van der Waals surface area contributed by atoms with E-state index in [4.69, 9.17) is 16.7 Å². The minimum Gasteiger partial charge on any atom is -0.478 e. The van der Waals surface area contributed by atoms with Gasteiger partial charge in [-0.15, -0.1) is 0 Å². The fourth-order valence-electron chi connectivity index (χ4n) is 1.67. The molecule has 0 aliphatic rings. The van der Waals surface area contributed by atoms with Gasteiger partial charge in [0.05, 0.1) is 16.8 Å². The monoisotopic (exact) mass is 371 g/mol. The van der Waals surface area contributed by atoms with E-state index >= 15 is 0 Å². The van der Waals surface area contributed by atoms with Crippen LogP contribution in [-0.4, -0.2) is 17.0 Å². The van der Waals surface area contributed by atoms with E-state index in [0.29, 0.717) is 0 Å². The minimum absolute atomic E-state index is 0.0659. The summed E-state index contributed by atoms with van der Waals surface area (Å²) >= 11 is 8.88. The molecule has 21 heavy (non-hydrogen) atoms. The first-order chi connectivity index (χ1) is 9.88. The number of aromatic carboxylic acids is 1. The predicted octanol–water partition coefficient (Wildman–Crippen LogP) is 4.19. The van der Waals surface area contributed by atoms with Crippen LogP contribution >= 0.6 is 27.5 Å². The van der Waals surface area contributed by atoms with Crippen LogP contribution in [0.3, 0.4) is 0 Å². The third-order valence-electron chi connectivity index (χ3n) is 2.64. The van der Waals surface area contributed by atoms with Crippen molar-refractivity contribution in [2.75, 3.05) is 5.32 Å². The number of nitrogens with one attached hydrogen (secondary N) is 1. The van der Waals surface area contributed by atoms with Gasteiger partial charge in [0.15, 0.2) is 0 Å². The molecule has 108 valence electrons. The van der Waals surface area contributed by atoms with Crippen LogP contribution in [0.5, 0.6) is 0 Å². The molecule has 0 bridgehead atoms. The lowest BCUT2D eigenvalue weighted by Gasteiger charge is -2.10. The zero-order valence-corrected chi connectivity index (χ0v) is 12.7. The number of carboxylic acids is 1. The SMILES string of the molecule is O=C(Nc1cc(Cl)ccc1C(=O)O)c1ccc(F)cc1Br. The highest BCUT2D eigenvalue weighted by atomic mass is 79.9. The second-order valence-electron chi connectivity index (χ2n) is 4.07. The van der Waals surface area contributed by atoms with Crippen molar-refractivity contribution < 1.29 is 19.1 Å². The summed E-state index contributed by atoms with van der Waals surface area (Å²) in [4.78, 5) is 23.2. The molecule has 2 N–H and O–H groups in total. The average Bonchev–Trinajstić information content (AvgIpc) is 2.37. The van der Waals surface area contributed by atoms with Crippen molar-refractivity contribution in [1.82, 2.24) is 0 Å². The van der Waals surface area contributed by atoms with E-state index < -0.39 is 17.7 Å². The third-order valence-corrected chi connectivity index (χ3v) is 3.53. The Labute approximate surface area is 132 Å². The van der Waals surface area contributed by atoms with Crippen LogP contribution in [0, 0.1) is 5.82 Å². The van der Waals surface area contributed by atoms with Gasteiger partial charge in [0.1, 0.15) is 5.82 Å². The van der Waals surface area contributed by atoms with E-state index in [1.807, 2.05) is 0 Å². The third kappa shape index (κ3) is 3.59. The number of rotatable bonds is 3. The molecule has 0 spiro atoms. The van der Waals surface area contributed by atoms with Crippen LogP contribution < -0.4 is 5.32 Å². The zero-order chi connectivity index (χ0) is 15.6. The minimum atomic E-state index is -1.19. The Morgan fingerprint density at radius 2 is 1.81 bits per heavy atom. The molecule has 0 aliphatic heterocycles. The van der Waals surface area contributed by atoms with Gasteiger partial charge in [-0.3, -0.25) is 4.79 Å². The number of carbonyl (C=O) groups is 2. The van der Waals surface area contributed by atoms with Crippen molar-refractivity contribution in [2.45, 2.75) is 0 Å². The quantitative estimate of drug-likeness (QED) is 0.849. The number of hydrogen-bond acceptors (Lipinski definition) is 2. The van der Waals surface area contributed by atoms with E-state index in [-0.39, 0.29) is 26.3 Å². The maximum absolute atomic E-state index is 13.0. The van der Waals surface area contributed by atoms with E-state index in [0.717, 1.165) is 12.1 Å². The Kier molecular flexibility index (Phi) is 4.59. The molecule has 0 saturated heterocycles. The number of halogens is 3. The van der Waals surface area contributed by atoms with Gasteiger partial charge in [0, 0.05) is 9.50 Å². The fourth-order valence-corrected chi connectivity index (χ4v) is 2.37. The first kappa shape index (κ1) is 15.5. The predicted molar refractivity (Wildman–Crippen MR) is 80.5 cm³/mol. The molecule has 0 aliphatic carbocycles. The van der Waals surface area contributed by atoms with Crippen molar-refractivity contribution >= 4 is 45.1 Å². The molecule has 2 aromatic rings. The Hall–Kier alpha value is -1.92.